The van der Waals surface area contributed by atoms with E-state index >= 15 is 0 Å². The van der Waals surface area contributed by atoms with Crippen molar-refractivity contribution in [3.8, 4) is 0 Å². The molecule has 0 bridgehead atoms. The molecule has 1 N–H and O–H groups in total. The zero-order valence-corrected chi connectivity index (χ0v) is 5.55. The Hall–Kier alpha value is -1.53. The summed E-state index contributed by atoms with van der Waals surface area (Å²) in [6, 6.07) is -0.475. The number of carbonyl (C=O) groups is 1. The molecule has 0 aliphatic carbocycles. The zero-order chi connectivity index (χ0) is 9.19. The molecule has 0 unspecified atom stereocenters. The van der Waals surface area contributed by atoms with Crippen LogP contribution >= 0.6 is 0 Å². The van der Waals surface area contributed by atoms with Gasteiger partial charge in [0.2, 0.25) is 0 Å². The van der Waals surface area contributed by atoms with Crippen molar-refractivity contribution in [2.24, 2.45) is 0 Å². The van der Waals surface area contributed by atoms with Crippen LogP contribution in [-0.4, -0.2) is 18.2 Å². The van der Waals surface area contributed by atoms with Gasteiger partial charge in [0.1, 0.15) is 6.20 Å². The first-order valence-corrected chi connectivity index (χ1v) is 2.78. The molecule has 0 aromatic rings. The second-order valence-electron chi connectivity index (χ2n) is 1.78. The van der Waals surface area contributed by atoms with Crippen LogP contribution in [0, 0.1) is 0 Å². The summed E-state index contributed by atoms with van der Waals surface area (Å²) < 4.78 is 38.4. The molecule has 0 atom stereocenters. The Bertz CT molecular complexity index is 256. The van der Waals surface area contributed by atoms with Gasteiger partial charge >= 0.3 is 18.2 Å². The average molecular weight is 180 g/mol. The van der Waals surface area contributed by atoms with Gasteiger partial charge < -0.3 is 4.74 Å². The van der Waals surface area contributed by atoms with Crippen molar-refractivity contribution >= 4 is 12.0 Å². The van der Waals surface area contributed by atoms with Crippen LogP contribution in [0.2, 0.25) is 0 Å². The molecular weight excluding hydrogens is 177 g/mol. The Morgan fingerprint density at radius 1 is 1.58 bits per heavy atom. The van der Waals surface area contributed by atoms with Crippen LogP contribution in [-0.2, 0) is 9.53 Å². The minimum absolute atomic E-state index is 0.475. The molecule has 1 rings (SSSR count). The molecule has 65 valence electrons. The molecule has 1 aliphatic rings. The monoisotopic (exact) mass is 180 g/mol. The van der Waals surface area contributed by atoms with E-state index in [9.17, 15) is 18.0 Å². The molecule has 1 radical (unpaired) electrons. The van der Waals surface area contributed by atoms with Crippen molar-refractivity contribution in [2.75, 3.05) is 0 Å². The summed E-state index contributed by atoms with van der Waals surface area (Å²) in [6.45, 7) is 0. The van der Waals surface area contributed by atoms with Crippen molar-refractivity contribution in [3.63, 3.8) is 0 Å². The smallest absolute Gasteiger partial charge is 0.347 e. The van der Waals surface area contributed by atoms with Crippen LogP contribution in [0.5, 0.6) is 0 Å². The lowest BCUT2D eigenvalue weighted by Crippen LogP contribution is -2.32. The summed E-state index contributed by atoms with van der Waals surface area (Å²) >= 11 is 0. The molecule has 4 nitrogen and oxygen atoms in total. The number of aliphatic imine (C=N–C) groups is 1. The molecule has 0 aromatic carbocycles. The molecule has 1 heterocycles. The fourth-order valence-corrected chi connectivity index (χ4v) is 0.452. The van der Waals surface area contributed by atoms with Crippen molar-refractivity contribution in [3.05, 3.63) is 12.4 Å². The predicted octanol–water partition coefficient (Wildman–Crippen LogP) is -0.142. The van der Waals surface area contributed by atoms with Crippen molar-refractivity contribution in [1.82, 2.24) is 10.3 Å². The lowest BCUT2D eigenvalue weighted by molar-refractivity contribution is -0.191. The molecular formula is C5H3F3N2O2+. The SMILES string of the molecule is O=C(OC1=[N+]C=CN1)C(F)(F)F. The lowest BCUT2D eigenvalue weighted by atomic mass is 10.7. The number of hydrogen-bond donors (Lipinski definition) is 1. The standard InChI is InChI=1S/C5H3F3N2O2/c6-5(7,8)3(11)12-4-9-1-2-10-4/h1-2,9H/q+1. The van der Waals surface area contributed by atoms with Gasteiger partial charge in [0.05, 0.1) is 0 Å². The van der Waals surface area contributed by atoms with Crippen LogP contribution in [0.3, 0.4) is 0 Å². The predicted molar refractivity (Wildman–Crippen MR) is 31.6 cm³/mol. The van der Waals surface area contributed by atoms with Gasteiger partial charge in [-0.2, -0.15) is 13.2 Å². The summed E-state index contributed by atoms with van der Waals surface area (Å²) in [5.74, 6) is -2.29. The van der Waals surface area contributed by atoms with Gasteiger partial charge in [0, 0.05) is 0 Å². The lowest BCUT2D eigenvalue weighted by Gasteiger charge is -2.01. The second-order valence-corrected chi connectivity index (χ2v) is 1.78. The Labute approximate surface area is 64.7 Å². The van der Waals surface area contributed by atoms with Crippen molar-refractivity contribution in [2.45, 2.75) is 6.18 Å². The van der Waals surface area contributed by atoms with Crippen molar-refractivity contribution < 1.29 is 22.7 Å². The highest BCUT2D eigenvalue weighted by Gasteiger charge is 2.43. The summed E-state index contributed by atoms with van der Waals surface area (Å²) in [6.07, 6.45) is -2.59. The number of nitrogens with one attached hydrogen (secondary N) is 1. The highest BCUT2D eigenvalue weighted by atomic mass is 19.4. The maximum Gasteiger partial charge on any atom is 0.504 e. The maximum absolute atomic E-state index is 11.5. The van der Waals surface area contributed by atoms with Gasteiger partial charge in [-0.3, -0.25) is 0 Å². The van der Waals surface area contributed by atoms with E-state index in [1.807, 2.05) is 0 Å². The van der Waals surface area contributed by atoms with E-state index in [1.54, 1.807) is 0 Å². The van der Waals surface area contributed by atoms with Gasteiger partial charge in [-0.25, -0.2) is 10.1 Å². The third-order valence-electron chi connectivity index (χ3n) is 0.894. The zero-order valence-electron chi connectivity index (χ0n) is 5.55. The third kappa shape index (κ3) is 1.97. The van der Waals surface area contributed by atoms with Crippen LogP contribution in [0.15, 0.2) is 12.4 Å². The summed E-state index contributed by atoms with van der Waals surface area (Å²) in [4.78, 5) is 13.4. The van der Waals surface area contributed by atoms with Crippen LogP contribution in [0.1, 0.15) is 0 Å². The fraction of sp³-hybridized carbons (Fsp3) is 0.200. The number of alkyl halides is 3. The van der Waals surface area contributed by atoms with E-state index in [0.29, 0.717) is 0 Å². The third-order valence-corrected chi connectivity index (χ3v) is 0.894. The molecule has 0 saturated heterocycles. The van der Waals surface area contributed by atoms with E-state index < -0.39 is 18.2 Å². The summed E-state index contributed by atoms with van der Waals surface area (Å²) in [5, 5.41) is 2.19. The number of ether oxygens (including phenoxy) is 1. The van der Waals surface area contributed by atoms with E-state index in [-0.39, 0.29) is 0 Å². The van der Waals surface area contributed by atoms with E-state index in [1.165, 1.54) is 12.4 Å². The quantitative estimate of drug-likeness (QED) is 0.528. The first-order valence-electron chi connectivity index (χ1n) is 2.78. The van der Waals surface area contributed by atoms with Gasteiger partial charge in [0.15, 0.2) is 6.20 Å². The van der Waals surface area contributed by atoms with E-state index in [4.69, 9.17) is 0 Å². The molecule has 0 aromatic heterocycles. The highest BCUT2D eigenvalue weighted by Crippen LogP contribution is 2.16. The van der Waals surface area contributed by atoms with Crippen LogP contribution in [0.4, 0.5) is 13.2 Å². The maximum atomic E-state index is 11.5. The fourth-order valence-electron chi connectivity index (χ4n) is 0.452. The minimum atomic E-state index is -4.99. The molecule has 0 saturated carbocycles. The van der Waals surface area contributed by atoms with E-state index in [0.717, 1.165) is 0 Å². The second kappa shape index (κ2) is 2.84. The van der Waals surface area contributed by atoms with Crippen LogP contribution < -0.4 is 10.3 Å². The van der Waals surface area contributed by atoms with E-state index in [2.05, 4.69) is 15.0 Å². The Balaban J connectivity index is 2.48. The van der Waals surface area contributed by atoms with Crippen LogP contribution in [0.25, 0.3) is 0 Å². The highest BCUT2D eigenvalue weighted by molar-refractivity contribution is 5.90. The van der Waals surface area contributed by atoms with Gasteiger partial charge in [-0.15, -0.1) is 0 Å². The number of esters is 1. The number of hydrogen-bond acceptors (Lipinski definition) is 4. The van der Waals surface area contributed by atoms with Crippen molar-refractivity contribution in [1.29, 1.82) is 0 Å². The normalized spacial score (nSPS) is 15.4. The number of rotatable bonds is 0. The number of carbonyl (C=O) groups excluding carboxylic acids is 1. The summed E-state index contributed by atoms with van der Waals surface area (Å²) in [5.41, 5.74) is 0. The molecule has 7 heteroatoms. The molecule has 12 heavy (non-hydrogen) atoms. The topological polar surface area (TPSA) is 52.4 Å². The summed E-state index contributed by atoms with van der Waals surface area (Å²) in [7, 11) is 0. The molecule has 1 aliphatic heterocycles. The van der Waals surface area contributed by atoms with Gasteiger partial charge in [0.25, 0.3) is 0 Å². The molecule has 0 amide bonds. The van der Waals surface area contributed by atoms with Gasteiger partial charge in [-0.1, -0.05) is 0 Å². The number of nitrogens with zero attached hydrogens (tertiary/aromatic N) is 1. The number of halogens is 3. The molecule has 0 fully saturated rings. The van der Waals surface area contributed by atoms with Gasteiger partial charge in [-0.05, 0) is 4.99 Å². The Morgan fingerprint density at radius 3 is 2.67 bits per heavy atom. The Kier molecular flexibility index (Phi) is 2.03. The Morgan fingerprint density at radius 2 is 2.25 bits per heavy atom. The largest absolute Gasteiger partial charge is 0.504 e. The molecule has 0 spiro atoms. The average Bonchev–Trinajstić information content (AvgIpc) is 2.37. The minimum Gasteiger partial charge on any atom is -0.347 e. The first kappa shape index (κ1) is 8.57. The first-order chi connectivity index (χ1) is 5.50. The number of amidine groups is 1.